The van der Waals surface area contributed by atoms with Crippen molar-refractivity contribution in [1.29, 1.82) is 0 Å². The highest BCUT2D eigenvalue weighted by Crippen LogP contribution is 2.25. The molecule has 162 valence electrons. The molecule has 0 bridgehead atoms. The number of rotatable bonds is 5. The lowest BCUT2D eigenvalue weighted by Gasteiger charge is -2.38. The predicted octanol–water partition coefficient (Wildman–Crippen LogP) is 2.81. The van der Waals surface area contributed by atoms with Crippen molar-refractivity contribution < 1.29 is 19.1 Å². The molecule has 0 radical (unpaired) electrons. The Kier molecular flexibility index (Phi) is 6.61. The lowest BCUT2D eigenvalue weighted by atomic mass is 10.0. The largest absolute Gasteiger partial charge is 0.459 e. The molecule has 4 rings (SSSR count). The number of cyclic esters (lactones) is 1. The molecule has 8 nitrogen and oxygen atoms in total. The molecule has 1 unspecified atom stereocenters. The third-order valence-electron chi connectivity index (χ3n) is 5.47. The van der Waals surface area contributed by atoms with Crippen molar-refractivity contribution in [3.63, 3.8) is 0 Å². The maximum absolute atomic E-state index is 12.6. The number of anilines is 1. The van der Waals surface area contributed by atoms with Crippen molar-refractivity contribution in [2.45, 2.75) is 31.5 Å². The number of likely N-dealkylation sites (tertiary alicyclic amines) is 1. The first kappa shape index (κ1) is 21.0. The molecule has 1 amide bonds. The summed E-state index contributed by atoms with van der Waals surface area (Å²) in [5, 5.41) is 3.80. The van der Waals surface area contributed by atoms with E-state index in [1.54, 1.807) is 17.3 Å². The van der Waals surface area contributed by atoms with Crippen LogP contribution in [0.2, 0.25) is 0 Å². The zero-order valence-electron chi connectivity index (χ0n) is 17.0. The minimum absolute atomic E-state index is 0.0215. The second kappa shape index (κ2) is 9.74. The van der Waals surface area contributed by atoms with Crippen LogP contribution in [-0.4, -0.2) is 63.7 Å². The summed E-state index contributed by atoms with van der Waals surface area (Å²) in [5.74, 6) is -0.439. The summed E-state index contributed by atoms with van der Waals surface area (Å²) >= 11 is 5.51. The number of pyridine rings is 1. The van der Waals surface area contributed by atoms with E-state index in [0.29, 0.717) is 31.0 Å². The van der Waals surface area contributed by atoms with Crippen molar-refractivity contribution in [3.05, 3.63) is 60.4 Å². The standard InChI is InChI=1S/C22H24N4O4S/c27-20(29-14-16-5-2-1-3-6-16)19-15-30-22(28)26(19)18-8-11-25(12-9-18)21(31)24-17-7-4-10-23-13-17/h1-7,10,13,18-19H,8-9,11-12,14-15H2,(H,24,31). The summed E-state index contributed by atoms with van der Waals surface area (Å²) in [6.45, 7) is 1.54. The Hall–Kier alpha value is -3.20. The van der Waals surface area contributed by atoms with E-state index in [0.717, 1.165) is 11.3 Å². The van der Waals surface area contributed by atoms with Crippen LogP contribution in [0.25, 0.3) is 0 Å². The van der Waals surface area contributed by atoms with Crippen molar-refractivity contribution in [1.82, 2.24) is 14.8 Å². The maximum atomic E-state index is 12.6. The molecule has 2 aromatic rings. The number of amides is 1. The van der Waals surface area contributed by atoms with E-state index in [2.05, 4.69) is 15.2 Å². The van der Waals surface area contributed by atoms with Gasteiger partial charge in [0.2, 0.25) is 0 Å². The average molecular weight is 441 g/mol. The lowest BCUT2D eigenvalue weighted by Crippen LogP contribution is -2.52. The summed E-state index contributed by atoms with van der Waals surface area (Å²) < 4.78 is 10.6. The van der Waals surface area contributed by atoms with E-state index in [4.69, 9.17) is 21.7 Å². The molecule has 2 aliphatic heterocycles. The first-order valence-electron chi connectivity index (χ1n) is 10.2. The van der Waals surface area contributed by atoms with Crippen LogP contribution in [0.1, 0.15) is 18.4 Å². The third-order valence-corrected chi connectivity index (χ3v) is 5.83. The van der Waals surface area contributed by atoms with Crippen LogP contribution in [0.4, 0.5) is 10.5 Å². The molecule has 0 aliphatic carbocycles. The first-order chi connectivity index (χ1) is 15.1. The van der Waals surface area contributed by atoms with Crippen molar-refractivity contribution in [3.8, 4) is 0 Å². The number of nitrogens with one attached hydrogen (secondary N) is 1. The number of aromatic nitrogens is 1. The highest BCUT2D eigenvalue weighted by Gasteiger charge is 2.44. The smallest absolute Gasteiger partial charge is 0.410 e. The van der Waals surface area contributed by atoms with Gasteiger partial charge in [0.05, 0.1) is 11.9 Å². The quantitative estimate of drug-likeness (QED) is 0.561. The minimum Gasteiger partial charge on any atom is -0.459 e. The zero-order chi connectivity index (χ0) is 21.6. The number of nitrogens with zero attached hydrogens (tertiary/aromatic N) is 3. The monoisotopic (exact) mass is 440 g/mol. The number of benzene rings is 1. The molecule has 1 aromatic carbocycles. The number of hydrogen-bond acceptors (Lipinski definition) is 6. The summed E-state index contributed by atoms with van der Waals surface area (Å²) in [4.78, 5) is 32.7. The summed E-state index contributed by atoms with van der Waals surface area (Å²) in [7, 11) is 0. The number of ether oxygens (including phenoxy) is 2. The van der Waals surface area contributed by atoms with Crippen LogP contribution < -0.4 is 5.32 Å². The molecule has 2 saturated heterocycles. The van der Waals surface area contributed by atoms with E-state index in [9.17, 15) is 9.59 Å². The Morgan fingerprint density at radius 3 is 2.68 bits per heavy atom. The molecule has 0 spiro atoms. The van der Waals surface area contributed by atoms with Gasteiger partial charge < -0.3 is 19.7 Å². The SMILES string of the molecule is O=C(OCc1ccccc1)C1COC(=O)N1C1CCN(C(=S)Nc2cccnc2)CC1. The fraction of sp³-hybridized carbons (Fsp3) is 0.364. The van der Waals surface area contributed by atoms with Crippen LogP contribution in [0.3, 0.4) is 0 Å². The van der Waals surface area contributed by atoms with Crippen LogP contribution in [-0.2, 0) is 20.9 Å². The summed E-state index contributed by atoms with van der Waals surface area (Å²) in [6, 6.07) is 12.4. The number of thiocarbonyl (C=S) groups is 1. The van der Waals surface area contributed by atoms with E-state index in [1.807, 2.05) is 42.5 Å². The molecule has 3 heterocycles. The van der Waals surface area contributed by atoms with Gasteiger partial charge in [-0.05, 0) is 42.8 Å². The van der Waals surface area contributed by atoms with Crippen LogP contribution in [0.5, 0.6) is 0 Å². The number of carbonyl (C=O) groups is 2. The Morgan fingerprint density at radius 2 is 1.97 bits per heavy atom. The van der Waals surface area contributed by atoms with E-state index >= 15 is 0 Å². The second-order valence-electron chi connectivity index (χ2n) is 7.48. The van der Waals surface area contributed by atoms with Crippen molar-refractivity contribution >= 4 is 35.1 Å². The topological polar surface area (TPSA) is 84.0 Å². The third kappa shape index (κ3) is 5.11. The minimum atomic E-state index is -0.715. The van der Waals surface area contributed by atoms with Gasteiger partial charge in [0.15, 0.2) is 11.2 Å². The molecule has 0 saturated carbocycles. The Labute approximate surface area is 186 Å². The highest BCUT2D eigenvalue weighted by atomic mass is 32.1. The Bertz CT molecular complexity index is 920. The fourth-order valence-corrected chi connectivity index (χ4v) is 4.13. The number of carbonyl (C=O) groups excluding carboxylic acids is 2. The molecule has 1 N–H and O–H groups in total. The van der Waals surface area contributed by atoms with Crippen molar-refractivity contribution in [2.75, 3.05) is 25.0 Å². The van der Waals surface area contributed by atoms with Crippen molar-refractivity contribution in [2.24, 2.45) is 0 Å². The molecular weight excluding hydrogens is 416 g/mol. The number of hydrogen-bond donors (Lipinski definition) is 1. The van der Waals surface area contributed by atoms with Gasteiger partial charge in [0.25, 0.3) is 0 Å². The second-order valence-corrected chi connectivity index (χ2v) is 7.87. The molecule has 1 atom stereocenters. The van der Waals surface area contributed by atoms with Gasteiger partial charge in [-0.1, -0.05) is 30.3 Å². The van der Waals surface area contributed by atoms with Crippen LogP contribution in [0, 0.1) is 0 Å². The molecule has 2 aliphatic rings. The highest BCUT2D eigenvalue weighted by molar-refractivity contribution is 7.80. The predicted molar refractivity (Wildman–Crippen MR) is 118 cm³/mol. The molecular formula is C22H24N4O4S. The number of piperidine rings is 1. The Morgan fingerprint density at radius 1 is 1.19 bits per heavy atom. The molecule has 9 heteroatoms. The molecule has 31 heavy (non-hydrogen) atoms. The van der Waals surface area contributed by atoms with Crippen LogP contribution in [0.15, 0.2) is 54.9 Å². The molecule has 2 fully saturated rings. The maximum Gasteiger partial charge on any atom is 0.410 e. The van der Waals surface area contributed by atoms with Gasteiger partial charge in [-0.3, -0.25) is 9.88 Å². The van der Waals surface area contributed by atoms with E-state index in [-0.39, 0.29) is 19.3 Å². The fourth-order valence-electron chi connectivity index (χ4n) is 3.83. The van der Waals surface area contributed by atoms with Gasteiger partial charge >= 0.3 is 12.1 Å². The van der Waals surface area contributed by atoms with E-state index < -0.39 is 18.1 Å². The average Bonchev–Trinajstić information content (AvgIpc) is 3.20. The van der Waals surface area contributed by atoms with Gasteiger partial charge in [-0.2, -0.15) is 0 Å². The van der Waals surface area contributed by atoms with E-state index in [1.165, 1.54) is 0 Å². The van der Waals surface area contributed by atoms with Gasteiger partial charge in [-0.15, -0.1) is 0 Å². The normalized spacial score (nSPS) is 19.1. The number of esters is 1. The van der Waals surface area contributed by atoms with Gasteiger partial charge in [-0.25, -0.2) is 9.59 Å². The Balaban J connectivity index is 1.31. The molecule has 1 aromatic heterocycles. The zero-order valence-corrected chi connectivity index (χ0v) is 17.8. The van der Waals surface area contributed by atoms with Gasteiger partial charge in [0.1, 0.15) is 13.2 Å². The summed E-state index contributed by atoms with van der Waals surface area (Å²) in [5.41, 5.74) is 1.73. The first-order valence-corrected chi connectivity index (χ1v) is 10.6. The van der Waals surface area contributed by atoms with Crippen LogP contribution >= 0.6 is 12.2 Å². The lowest BCUT2D eigenvalue weighted by molar-refractivity contribution is -0.150. The van der Waals surface area contributed by atoms with Gasteiger partial charge in [0, 0.05) is 25.3 Å². The summed E-state index contributed by atoms with van der Waals surface area (Å²) in [6.07, 6.45) is 4.33.